The molecule has 1 rings (SSSR count). The molecule has 0 bridgehead atoms. The lowest BCUT2D eigenvalue weighted by Crippen LogP contribution is -2.13. The molecule has 0 amide bonds. The molecule has 0 saturated heterocycles. The van der Waals surface area contributed by atoms with Crippen molar-refractivity contribution in [3.8, 4) is 0 Å². The van der Waals surface area contributed by atoms with Crippen LogP contribution in [0.15, 0.2) is 0 Å². The topological polar surface area (TPSA) is 46.0 Å². The van der Waals surface area contributed by atoms with Gasteiger partial charge in [-0.2, -0.15) is 0 Å². The third-order valence-electron chi connectivity index (χ3n) is 1.00. The van der Waals surface area contributed by atoms with Gasteiger partial charge in [-0.25, -0.2) is 0 Å². The molecule has 5 heteroatoms. The monoisotopic (exact) mass is 178 g/mol. The molecule has 0 spiro atoms. The zero-order valence-electron chi connectivity index (χ0n) is 5.63. The molecule has 1 aromatic rings. The second kappa shape index (κ2) is 2.45. The van der Waals surface area contributed by atoms with Crippen LogP contribution in [0.3, 0.4) is 0 Å². The Morgan fingerprint density at radius 3 is 2.40 bits per heavy atom. The number of rotatable bonds is 1. The Morgan fingerprint density at radius 2 is 2.20 bits per heavy atom. The summed E-state index contributed by atoms with van der Waals surface area (Å²) >= 11 is 6.71. The van der Waals surface area contributed by atoms with E-state index in [2.05, 4.69) is 9.59 Å². The molecule has 1 heterocycles. The van der Waals surface area contributed by atoms with Gasteiger partial charge in [-0.3, -0.25) is 0 Å². The smallest absolute Gasteiger partial charge is 0.170 e. The maximum atomic E-state index is 9.40. The summed E-state index contributed by atoms with van der Waals surface area (Å²) in [5.74, 6) is 0. The minimum Gasteiger partial charge on any atom is -0.385 e. The van der Waals surface area contributed by atoms with Crippen LogP contribution in [0.25, 0.3) is 0 Å². The van der Waals surface area contributed by atoms with Gasteiger partial charge in [0, 0.05) is 0 Å². The molecule has 0 radical (unpaired) electrons. The Labute approximate surface area is 67.8 Å². The minimum atomic E-state index is -0.925. The zero-order chi connectivity index (χ0) is 7.78. The molecule has 0 aliphatic carbocycles. The molecule has 0 aliphatic heterocycles. The van der Waals surface area contributed by atoms with Crippen LogP contribution in [0.4, 0.5) is 0 Å². The predicted molar refractivity (Wildman–Crippen MR) is 40.2 cm³/mol. The number of hydrogen-bond donors (Lipinski definition) is 1. The van der Waals surface area contributed by atoms with E-state index in [-0.39, 0.29) is 5.15 Å². The normalized spacial score (nSPS) is 12.0. The molecule has 0 aromatic carbocycles. The first-order valence-corrected chi connectivity index (χ1v) is 3.87. The van der Waals surface area contributed by atoms with Gasteiger partial charge in [0.2, 0.25) is 0 Å². The van der Waals surface area contributed by atoms with E-state index in [1.165, 1.54) is 0 Å². The van der Waals surface area contributed by atoms with Crippen LogP contribution < -0.4 is 0 Å². The van der Waals surface area contributed by atoms with Crippen LogP contribution in [-0.2, 0) is 5.60 Å². The Hall–Kier alpha value is -0.190. The van der Waals surface area contributed by atoms with Crippen LogP contribution in [0.1, 0.15) is 18.7 Å². The van der Waals surface area contributed by atoms with E-state index in [0.717, 1.165) is 11.5 Å². The van der Waals surface area contributed by atoms with Gasteiger partial charge in [0.05, 0.1) is 10.5 Å². The molecule has 10 heavy (non-hydrogen) atoms. The Balaban J connectivity index is 3.05. The van der Waals surface area contributed by atoms with E-state index in [1.54, 1.807) is 13.8 Å². The van der Waals surface area contributed by atoms with Crippen molar-refractivity contribution in [2.24, 2.45) is 0 Å². The second-order valence-electron chi connectivity index (χ2n) is 2.45. The predicted octanol–water partition coefficient (Wildman–Crippen LogP) is 1.42. The summed E-state index contributed by atoms with van der Waals surface area (Å²) in [6.45, 7) is 3.29. The van der Waals surface area contributed by atoms with Crippen molar-refractivity contribution in [2.75, 3.05) is 0 Å². The highest BCUT2D eigenvalue weighted by atomic mass is 35.5. The van der Waals surface area contributed by atoms with E-state index in [4.69, 9.17) is 11.6 Å². The molecular formula is C5H7ClN2OS. The first-order chi connectivity index (χ1) is 4.52. The summed E-state index contributed by atoms with van der Waals surface area (Å²) in [4.78, 5) is 0.606. The highest BCUT2D eigenvalue weighted by Gasteiger charge is 2.22. The molecule has 1 aromatic heterocycles. The van der Waals surface area contributed by atoms with Gasteiger partial charge in [0.15, 0.2) is 5.15 Å². The summed E-state index contributed by atoms with van der Waals surface area (Å²) in [5.41, 5.74) is -0.925. The van der Waals surface area contributed by atoms with Crippen molar-refractivity contribution < 1.29 is 5.11 Å². The number of nitrogens with zero attached hydrogens (tertiary/aromatic N) is 2. The molecule has 3 nitrogen and oxygen atoms in total. The van der Waals surface area contributed by atoms with Gasteiger partial charge in [0.1, 0.15) is 0 Å². The summed E-state index contributed by atoms with van der Waals surface area (Å²) in [6.07, 6.45) is 0. The van der Waals surface area contributed by atoms with E-state index in [9.17, 15) is 5.11 Å². The van der Waals surface area contributed by atoms with Crippen molar-refractivity contribution >= 4 is 23.1 Å². The fourth-order valence-electron chi connectivity index (χ4n) is 0.544. The summed E-state index contributed by atoms with van der Waals surface area (Å²) in [5, 5.41) is 13.3. The average Bonchev–Trinajstić information content (AvgIpc) is 2.11. The van der Waals surface area contributed by atoms with Gasteiger partial charge < -0.3 is 5.11 Å². The summed E-state index contributed by atoms with van der Waals surface area (Å²) in [6, 6.07) is 0. The van der Waals surface area contributed by atoms with Crippen molar-refractivity contribution in [2.45, 2.75) is 19.4 Å². The fourth-order valence-corrected chi connectivity index (χ4v) is 1.51. The van der Waals surface area contributed by atoms with Gasteiger partial charge in [-0.05, 0) is 25.4 Å². The van der Waals surface area contributed by atoms with Gasteiger partial charge in [0.25, 0.3) is 0 Å². The van der Waals surface area contributed by atoms with E-state index in [0.29, 0.717) is 4.88 Å². The molecule has 0 saturated carbocycles. The van der Waals surface area contributed by atoms with E-state index >= 15 is 0 Å². The Morgan fingerprint density at radius 1 is 1.60 bits per heavy atom. The second-order valence-corrected chi connectivity index (χ2v) is 3.56. The Kier molecular flexibility index (Phi) is 1.94. The zero-order valence-corrected chi connectivity index (χ0v) is 7.20. The number of halogens is 1. The molecule has 1 N–H and O–H groups in total. The molecule has 0 aliphatic rings. The highest BCUT2D eigenvalue weighted by Crippen LogP contribution is 2.28. The summed E-state index contributed by atoms with van der Waals surface area (Å²) < 4.78 is 3.59. The largest absolute Gasteiger partial charge is 0.385 e. The van der Waals surface area contributed by atoms with Crippen molar-refractivity contribution in [3.63, 3.8) is 0 Å². The van der Waals surface area contributed by atoms with E-state index < -0.39 is 5.60 Å². The molecule has 0 fully saturated rings. The lowest BCUT2D eigenvalue weighted by molar-refractivity contribution is 0.0824. The van der Waals surface area contributed by atoms with E-state index in [1.807, 2.05) is 0 Å². The SMILES string of the molecule is CC(C)(O)c1snnc1Cl. The number of hydrogen-bond acceptors (Lipinski definition) is 4. The van der Waals surface area contributed by atoms with Crippen LogP contribution in [0.5, 0.6) is 0 Å². The minimum absolute atomic E-state index is 0.289. The van der Waals surface area contributed by atoms with Crippen LogP contribution in [-0.4, -0.2) is 14.7 Å². The van der Waals surface area contributed by atoms with Crippen molar-refractivity contribution in [1.82, 2.24) is 9.59 Å². The third kappa shape index (κ3) is 1.45. The lowest BCUT2D eigenvalue weighted by atomic mass is 10.1. The molecule has 0 unspecified atom stereocenters. The average molecular weight is 179 g/mol. The molecule has 56 valence electrons. The first kappa shape index (κ1) is 7.91. The quantitative estimate of drug-likeness (QED) is 0.708. The lowest BCUT2D eigenvalue weighted by Gasteiger charge is -2.12. The van der Waals surface area contributed by atoms with Crippen molar-refractivity contribution in [3.05, 3.63) is 10.0 Å². The van der Waals surface area contributed by atoms with Gasteiger partial charge in [-0.15, -0.1) is 5.10 Å². The maximum absolute atomic E-state index is 9.40. The van der Waals surface area contributed by atoms with Crippen molar-refractivity contribution in [1.29, 1.82) is 0 Å². The van der Waals surface area contributed by atoms with Crippen LogP contribution in [0.2, 0.25) is 5.15 Å². The molecule has 0 atom stereocenters. The maximum Gasteiger partial charge on any atom is 0.170 e. The highest BCUT2D eigenvalue weighted by molar-refractivity contribution is 7.06. The first-order valence-electron chi connectivity index (χ1n) is 2.72. The van der Waals surface area contributed by atoms with Crippen LogP contribution in [0, 0.1) is 0 Å². The van der Waals surface area contributed by atoms with Gasteiger partial charge >= 0.3 is 0 Å². The number of aliphatic hydroxyl groups is 1. The Bertz CT molecular complexity index is 230. The summed E-state index contributed by atoms with van der Waals surface area (Å²) in [7, 11) is 0. The fraction of sp³-hybridized carbons (Fsp3) is 0.600. The standard InChI is InChI=1S/C5H7ClN2OS/c1-5(2,9)3-4(6)7-8-10-3/h9H,1-2H3. The van der Waals surface area contributed by atoms with Crippen LogP contribution >= 0.6 is 23.1 Å². The number of aromatic nitrogens is 2. The third-order valence-corrected chi connectivity index (χ3v) is 2.42. The van der Waals surface area contributed by atoms with Gasteiger partial charge in [-0.1, -0.05) is 16.1 Å². The molecular weight excluding hydrogens is 172 g/mol.